The van der Waals surface area contributed by atoms with Crippen LogP contribution in [-0.2, 0) is 6.18 Å². The summed E-state index contributed by atoms with van der Waals surface area (Å²) >= 11 is 0. The molecule has 0 saturated carbocycles. The number of benzene rings is 2. The van der Waals surface area contributed by atoms with Crippen LogP contribution in [0.4, 0.5) is 32.0 Å². The Kier molecular flexibility index (Phi) is 4.41. The van der Waals surface area contributed by atoms with Crippen LogP contribution in [0.5, 0.6) is 5.75 Å². The molecule has 0 atom stereocenters. The van der Waals surface area contributed by atoms with Crippen molar-refractivity contribution in [3.8, 4) is 16.9 Å². The molecule has 128 valence electrons. The molecule has 0 aromatic heterocycles. The van der Waals surface area contributed by atoms with Crippen LogP contribution in [0.15, 0.2) is 42.5 Å². The minimum Gasteiger partial charge on any atom is -0.406 e. The molecular formula is C14H7F6NO3. The maximum Gasteiger partial charge on any atom is 0.573 e. The van der Waals surface area contributed by atoms with E-state index in [-0.39, 0.29) is 5.56 Å². The van der Waals surface area contributed by atoms with Gasteiger partial charge in [0.15, 0.2) is 0 Å². The average molecular weight is 351 g/mol. The number of nitrogens with zero attached hydrogens (tertiary/aromatic N) is 1. The number of rotatable bonds is 3. The number of alkyl halides is 6. The maximum absolute atomic E-state index is 13.1. The first-order valence-electron chi connectivity index (χ1n) is 6.19. The fraction of sp³-hybridized carbons (Fsp3) is 0.143. The number of hydrogen-bond acceptors (Lipinski definition) is 3. The van der Waals surface area contributed by atoms with Crippen LogP contribution in [0.2, 0.25) is 0 Å². The summed E-state index contributed by atoms with van der Waals surface area (Å²) in [7, 11) is 0. The first-order chi connectivity index (χ1) is 11.0. The Hall–Kier alpha value is -2.78. The van der Waals surface area contributed by atoms with Gasteiger partial charge in [-0.1, -0.05) is 12.1 Å². The molecule has 0 saturated heterocycles. The van der Waals surface area contributed by atoms with Crippen molar-refractivity contribution in [3.63, 3.8) is 0 Å². The molecular weight excluding hydrogens is 344 g/mol. The van der Waals surface area contributed by atoms with E-state index in [0.717, 1.165) is 36.4 Å². The minimum absolute atomic E-state index is 0.223. The Morgan fingerprint density at radius 1 is 0.958 bits per heavy atom. The summed E-state index contributed by atoms with van der Waals surface area (Å²) in [5.41, 5.74) is -2.84. The van der Waals surface area contributed by atoms with E-state index in [2.05, 4.69) is 4.74 Å². The second kappa shape index (κ2) is 6.02. The lowest BCUT2D eigenvalue weighted by Crippen LogP contribution is -2.17. The van der Waals surface area contributed by atoms with Crippen LogP contribution in [-0.4, -0.2) is 11.3 Å². The molecule has 0 aliphatic heterocycles. The Balaban J connectivity index is 2.56. The molecule has 2 aromatic rings. The highest BCUT2D eigenvalue weighted by atomic mass is 19.4. The second-order valence-electron chi connectivity index (χ2n) is 4.56. The standard InChI is InChI=1S/C14H7F6NO3/c15-13(16,17)12-7-9(21(22)23)4-5-11(12)8-2-1-3-10(6-8)24-14(18,19)20/h1-7H. The van der Waals surface area contributed by atoms with Gasteiger partial charge >= 0.3 is 12.5 Å². The average Bonchev–Trinajstić information content (AvgIpc) is 2.44. The molecule has 2 aromatic carbocycles. The number of ether oxygens (including phenoxy) is 1. The highest BCUT2D eigenvalue weighted by Gasteiger charge is 2.36. The molecule has 2 rings (SSSR count). The van der Waals surface area contributed by atoms with Crippen molar-refractivity contribution in [3.05, 3.63) is 58.1 Å². The Labute approximate surface area is 130 Å². The smallest absolute Gasteiger partial charge is 0.406 e. The number of nitro benzene ring substituents is 1. The SMILES string of the molecule is O=[N+]([O-])c1ccc(-c2cccc(OC(F)(F)F)c2)c(C(F)(F)F)c1. The lowest BCUT2D eigenvalue weighted by atomic mass is 9.98. The fourth-order valence-corrected chi connectivity index (χ4v) is 1.99. The molecule has 4 nitrogen and oxygen atoms in total. The zero-order valence-electron chi connectivity index (χ0n) is 11.5. The van der Waals surface area contributed by atoms with Gasteiger partial charge in [0.2, 0.25) is 0 Å². The van der Waals surface area contributed by atoms with Gasteiger partial charge in [-0.2, -0.15) is 13.2 Å². The fourth-order valence-electron chi connectivity index (χ4n) is 1.99. The maximum atomic E-state index is 13.1. The van der Waals surface area contributed by atoms with Gasteiger partial charge in [0.05, 0.1) is 10.5 Å². The van der Waals surface area contributed by atoms with Gasteiger partial charge < -0.3 is 4.74 Å². The summed E-state index contributed by atoms with van der Waals surface area (Å²) in [6.45, 7) is 0. The normalized spacial score (nSPS) is 12.1. The first kappa shape index (κ1) is 17.6. The highest BCUT2D eigenvalue weighted by Crippen LogP contribution is 2.40. The molecule has 0 aliphatic carbocycles. The zero-order chi connectivity index (χ0) is 18.1. The van der Waals surface area contributed by atoms with Crippen LogP contribution in [0.25, 0.3) is 11.1 Å². The quantitative estimate of drug-likeness (QED) is 0.435. The van der Waals surface area contributed by atoms with Gasteiger partial charge in [-0.05, 0) is 29.3 Å². The molecule has 0 radical (unpaired) electrons. The topological polar surface area (TPSA) is 52.4 Å². The van der Waals surface area contributed by atoms with Crippen molar-refractivity contribution in [2.24, 2.45) is 0 Å². The first-order valence-corrected chi connectivity index (χ1v) is 6.19. The van der Waals surface area contributed by atoms with Crippen molar-refractivity contribution in [2.45, 2.75) is 12.5 Å². The van der Waals surface area contributed by atoms with E-state index < -0.39 is 40.0 Å². The van der Waals surface area contributed by atoms with E-state index in [1.54, 1.807) is 0 Å². The number of halogens is 6. The molecule has 0 aliphatic rings. The Bertz CT molecular complexity index is 770. The molecule has 0 N–H and O–H groups in total. The highest BCUT2D eigenvalue weighted by molar-refractivity contribution is 5.71. The Morgan fingerprint density at radius 3 is 2.17 bits per heavy atom. The summed E-state index contributed by atoms with van der Waals surface area (Å²) < 4.78 is 79.6. The van der Waals surface area contributed by atoms with E-state index in [0.29, 0.717) is 6.07 Å². The van der Waals surface area contributed by atoms with E-state index in [1.807, 2.05) is 0 Å². The van der Waals surface area contributed by atoms with Crippen molar-refractivity contribution in [2.75, 3.05) is 0 Å². The van der Waals surface area contributed by atoms with Crippen LogP contribution in [0, 0.1) is 10.1 Å². The van der Waals surface area contributed by atoms with Gasteiger partial charge in [-0.3, -0.25) is 10.1 Å². The van der Waals surface area contributed by atoms with Gasteiger partial charge in [0.25, 0.3) is 5.69 Å². The predicted molar refractivity (Wildman–Crippen MR) is 70.2 cm³/mol. The van der Waals surface area contributed by atoms with Crippen LogP contribution < -0.4 is 4.74 Å². The largest absolute Gasteiger partial charge is 0.573 e. The lowest BCUT2D eigenvalue weighted by Gasteiger charge is -2.14. The third-order valence-corrected chi connectivity index (χ3v) is 2.90. The molecule has 0 spiro atoms. The summed E-state index contributed by atoms with van der Waals surface area (Å²) in [6.07, 6.45) is -9.93. The summed E-state index contributed by atoms with van der Waals surface area (Å²) in [6, 6.07) is 5.90. The van der Waals surface area contributed by atoms with Crippen LogP contribution in [0.3, 0.4) is 0 Å². The van der Waals surface area contributed by atoms with Gasteiger partial charge in [0.1, 0.15) is 5.75 Å². The van der Waals surface area contributed by atoms with Crippen LogP contribution >= 0.6 is 0 Å². The second-order valence-corrected chi connectivity index (χ2v) is 4.56. The lowest BCUT2D eigenvalue weighted by molar-refractivity contribution is -0.385. The van der Waals surface area contributed by atoms with E-state index in [9.17, 15) is 36.5 Å². The van der Waals surface area contributed by atoms with E-state index in [4.69, 9.17) is 0 Å². The van der Waals surface area contributed by atoms with Gasteiger partial charge in [-0.25, -0.2) is 0 Å². The third kappa shape index (κ3) is 4.15. The van der Waals surface area contributed by atoms with Crippen molar-refractivity contribution < 1.29 is 36.0 Å². The van der Waals surface area contributed by atoms with Crippen molar-refractivity contribution in [1.29, 1.82) is 0 Å². The number of hydrogen-bond donors (Lipinski definition) is 0. The summed E-state index contributed by atoms with van der Waals surface area (Å²) in [5.74, 6) is -0.702. The number of nitro groups is 1. The van der Waals surface area contributed by atoms with Crippen LogP contribution in [0.1, 0.15) is 5.56 Å². The monoisotopic (exact) mass is 351 g/mol. The van der Waals surface area contributed by atoms with E-state index >= 15 is 0 Å². The summed E-state index contributed by atoms with van der Waals surface area (Å²) in [4.78, 5) is 9.63. The third-order valence-electron chi connectivity index (χ3n) is 2.90. The van der Waals surface area contributed by atoms with E-state index in [1.165, 1.54) is 0 Å². The van der Waals surface area contributed by atoms with Gasteiger partial charge in [-0.15, -0.1) is 13.2 Å². The number of non-ortho nitro benzene ring substituents is 1. The molecule has 0 heterocycles. The van der Waals surface area contributed by atoms with Crippen molar-refractivity contribution in [1.82, 2.24) is 0 Å². The molecule has 0 bridgehead atoms. The van der Waals surface area contributed by atoms with Gasteiger partial charge in [0, 0.05) is 12.1 Å². The molecule has 0 fully saturated rings. The minimum atomic E-state index is -5.00. The molecule has 0 amide bonds. The predicted octanol–water partition coefficient (Wildman–Crippen LogP) is 5.18. The summed E-state index contributed by atoms with van der Waals surface area (Å²) in [5, 5.41) is 10.6. The molecule has 24 heavy (non-hydrogen) atoms. The molecule has 0 unspecified atom stereocenters. The van der Waals surface area contributed by atoms with Crippen molar-refractivity contribution >= 4 is 5.69 Å². The molecule has 10 heteroatoms. The zero-order valence-corrected chi connectivity index (χ0v) is 11.5. The Morgan fingerprint density at radius 2 is 1.62 bits per heavy atom.